The third-order valence-corrected chi connectivity index (χ3v) is 8.07. The van der Waals surface area contributed by atoms with Gasteiger partial charge in [-0.05, 0) is 46.2 Å². The number of hydrogen-bond donors (Lipinski definition) is 0. The van der Waals surface area contributed by atoms with Crippen LogP contribution in [0, 0.1) is 0 Å². The standard InChI is InChI=1S/C41H27N3/c1-5-13-28(14-6-1)35-26-37(30-15-7-2-8-16-30)42-36-24-23-29-21-22-33(25-34(29)40(35)36)41-43-38(31-17-9-3-10-18-31)27-39(44-41)32-19-11-4-12-20-32/h1-27H. The molecule has 6 aromatic carbocycles. The Balaban J connectivity index is 1.38. The van der Waals surface area contributed by atoms with Gasteiger partial charge in [-0.25, -0.2) is 15.0 Å². The van der Waals surface area contributed by atoms with Crippen molar-refractivity contribution in [3.8, 4) is 56.3 Å². The molecule has 0 radical (unpaired) electrons. The molecule has 0 unspecified atom stereocenters. The Kier molecular flexibility index (Phi) is 6.47. The van der Waals surface area contributed by atoms with Gasteiger partial charge in [-0.2, -0.15) is 0 Å². The van der Waals surface area contributed by atoms with Crippen molar-refractivity contribution < 1.29 is 0 Å². The smallest absolute Gasteiger partial charge is 0.160 e. The SMILES string of the molecule is c1ccc(-c2cc(-c3ccccc3)nc(-c3ccc4ccc5nc(-c6ccccc6)cc(-c6ccccc6)c5c4c3)n2)cc1. The lowest BCUT2D eigenvalue weighted by Gasteiger charge is -2.14. The summed E-state index contributed by atoms with van der Waals surface area (Å²) in [5, 5.41) is 3.40. The fraction of sp³-hybridized carbons (Fsp3) is 0. The Hall–Kier alpha value is -5.93. The minimum Gasteiger partial charge on any atom is -0.248 e. The van der Waals surface area contributed by atoms with Gasteiger partial charge in [0, 0.05) is 27.6 Å². The average molecular weight is 562 g/mol. The van der Waals surface area contributed by atoms with Crippen molar-refractivity contribution in [3.63, 3.8) is 0 Å². The molecule has 0 aliphatic heterocycles. The van der Waals surface area contributed by atoms with E-state index in [0.717, 1.165) is 72.1 Å². The zero-order chi connectivity index (χ0) is 29.3. The number of aromatic nitrogens is 3. The van der Waals surface area contributed by atoms with Crippen LogP contribution in [0.25, 0.3) is 78.0 Å². The van der Waals surface area contributed by atoms with Gasteiger partial charge in [0.05, 0.1) is 22.6 Å². The highest BCUT2D eigenvalue weighted by Crippen LogP contribution is 2.38. The van der Waals surface area contributed by atoms with E-state index in [1.54, 1.807) is 0 Å². The molecule has 0 aliphatic rings. The van der Waals surface area contributed by atoms with Gasteiger partial charge >= 0.3 is 0 Å². The number of fused-ring (bicyclic) bond motifs is 3. The fourth-order valence-corrected chi connectivity index (χ4v) is 5.89. The summed E-state index contributed by atoms with van der Waals surface area (Å²) in [6.07, 6.45) is 0. The predicted octanol–water partition coefficient (Wildman–Crippen LogP) is 10.5. The van der Waals surface area contributed by atoms with Crippen LogP contribution in [0.5, 0.6) is 0 Å². The molecule has 0 aliphatic carbocycles. The maximum absolute atomic E-state index is 5.16. The molecular weight excluding hydrogens is 534 g/mol. The molecule has 8 aromatic rings. The molecule has 0 atom stereocenters. The average Bonchev–Trinajstić information content (AvgIpc) is 3.12. The molecule has 0 saturated carbocycles. The van der Waals surface area contributed by atoms with E-state index in [1.807, 2.05) is 42.5 Å². The third kappa shape index (κ3) is 4.81. The Morgan fingerprint density at radius 1 is 0.341 bits per heavy atom. The van der Waals surface area contributed by atoms with Crippen LogP contribution in [0.2, 0.25) is 0 Å². The molecule has 0 saturated heterocycles. The first kappa shape index (κ1) is 25.8. The molecule has 3 heteroatoms. The lowest BCUT2D eigenvalue weighted by atomic mass is 9.93. The van der Waals surface area contributed by atoms with Gasteiger partial charge in [-0.3, -0.25) is 0 Å². The Morgan fingerprint density at radius 3 is 1.36 bits per heavy atom. The molecule has 0 amide bonds. The lowest BCUT2D eigenvalue weighted by molar-refractivity contribution is 1.18. The normalized spacial score (nSPS) is 11.2. The molecule has 206 valence electrons. The Bertz CT molecular complexity index is 2190. The first-order chi connectivity index (χ1) is 21.8. The van der Waals surface area contributed by atoms with Gasteiger partial charge in [0.15, 0.2) is 5.82 Å². The van der Waals surface area contributed by atoms with Crippen molar-refractivity contribution in [1.82, 2.24) is 15.0 Å². The molecule has 44 heavy (non-hydrogen) atoms. The quantitative estimate of drug-likeness (QED) is 0.196. The summed E-state index contributed by atoms with van der Waals surface area (Å²) in [6.45, 7) is 0. The van der Waals surface area contributed by atoms with Gasteiger partial charge in [0.2, 0.25) is 0 Å². The van der Waals surface area contributed by atoms with Crippen LogP contribution in [0.4, 0.5) is 0 Å². The summed E-state index contributed by atoms with van der Waals surface area (Å²) in [6, 6.07) is 56.7. The van der Waals surface area contributed by atoms with E-state index < -0.39 is 0 Å². The lowest BCUT2D eigenvalue weighted by Crippen LogP contribution is -1.96. The molecular formula is C41H27N3. The number of pyridine rings is 1. The van der Waals surface area contributed by atoms with Crippen molar-refractivity contribution in [3.05, 3.63) is 164 Å². The van der Waals surface area contributed by atoms with Crippen LogP contribution >= 0.6 is 0 Å². The molecule has 2 aromatic heterocycles. The zero-order valence-electron chi connectivity index (χ0n) is 23.9. The second-order valence-corrected chi connectivity index (χ2v) is 10.9. The first-order valence-electron chi connectivity index (χ1n) is 14.8. The fourth-order valence-electron chi connectivity index (χ4n) is 5.89. The highest BCUT2D eigenvalue weighted by molar-refractivity contribution is 6.14. The van der Waals surface area contributed by atoms with E-state index in [-0.39, 0.29) is 0 Å². The number of nitrogens with zero attached hydrogens (tertiary/aromatic N) is 3. The van der Waals surface area contributed by atoms with Crippen molar-refractivity contribution in [2.24, 2.45) is 0 Å². The zero-order valence-corrected chi connectivity index (χ0v) is 23.9. The van der Waals surface area contributed by atoms with Crippen LogP contribution < -0.4 is 0 Å². The molecule has 0 spiro atoms. The summed E-state index contributed by atoms with van der Waals surface area (Å²) < 4.78 is 0. The van der Waals surface area contributed by atoms with Crippen molar-refractivity contribution in [2.45, 2.75) is 0 Å². The summed E-state index contributed by atoms with van der Waals surface area (Å²) >= 11 is 0. The Morgan fingerprint density at radius 2 is 0.818 bits per heavy atom. The molecule has 2 heterocycles. The summed E-state index contributed by atoms with van der Waals surface area (Å²) in [7, 11) is 0. The number of benzene rings is 6. The van der Waals surface area contributed by atoms with Gasteiger partial charge in [0.1, 0.15) is 0 Å². The molecule has 0 bridgehead atoms. The third-order valence-electron chi connectivity index (χ3n) is 8.07. The number of rotatable bonds is 5. The van der Waals surface area contributed by atoms with Gasteiger partial charge in [-0.1, -0.05) is 140 Å². The van der Waals surface area contributed by atoms with Crippen molar-refractivity contribution in [2.75, 3.05) is 0 Å². The van der Waals surface area contributed by atoms with Crippen LogP contribution in [0.3, 0.4) is 0 Å². The summed E-state index contributed by atoms with van der Waals surface area (Å²) in [5.41, 5.74) is 10.2. The topological polar surface area (TPSA) is 38.7 Å². The van der Waals surface area contributed by atoms with E-state index in [0.29, 0.717) is 5.82 Å². The van der Waals surface area contributed by atoms with Crippen molar-refractivity contribution >= 4 is 21.7 Å². The maximum Gasteiger partial charge on any atom is 0.160 e. The van der Waals surface area contributed by atoms with E-state index in [9.17, 15) is 0 Å². The van der Waals surface area contributed by atoms with Crippen LogP contribution in [0.15, 0.2) is 164 Å². The van der Waals surface area contributed by atoms with E-state index in [4.69, 9.17) is 15.0 Å². The van der Waals surface area contributed by atoms with Crippen LogP contribution in [-0.4, -0.2) is 15.0 Å². The van der Waals surface area contributed by atoms with Crippen molar-refractivity contribution in [1.29, 1.82) is 0 Å². The predicted molar refractivity (Wildman–Crippen MR) is 182 cm³/mol. The minimum atomic E-state index is 0.694. The summed E-state index contributed by atoms with van der Waals surface area (Å²) in [5.74, 6) is 0.694. The number of hydrogen-bond acceptors (Lipinski definition) is 3. The highest BCUT2D eigenvalue weighted by Gasteiger charge is 2.15. The van der Waals surface area contributed by atoms with E-state index in [2.05, 4.69) is 121 Å². The van der Waals surface area contributed by atoms with Gasteiger partial charge in [-0.15, -0.1) is 0 Å². The second kappa shape index (κ2) is 11.0. The van der Waals surface area contributed by atoms with Crippen LogP contribution in [-0.2, 0) is 0 Å². The van der Waals surface area contributed by atoms with Gasteiger partial charge < -0.3 is 0 Å². The largest absolute Gasteiger partial charge is 0.248 e. The van der Waals surface area contributed by atoms with E-state index >= 15 is 0 Å². The molecule has 8 rings (SSSR count). The molecule has 0 fully saturated rings. The maximum atomic E-state index is 5.16. The highest BCUT2D eigenvalue weighted by atomic mass is 14.9. The summed E-state index contributed by atoms with van der Waals surface area (Å²) in [4.78, 5) is 15.3. The second-order valence-electron chi connectivity index (χ2n) is 10.9. The molecule has 0 N–H and O–H groups in total. The van der Waals surface area contributed by atoms with E-state index in [1.165, 1.54) is 0 Å². The van der Waals surface area contributed by atoms with Crippen LogP contribution in [0.1, 0.15) is 0 Å². The van der Waals surface area contributed by atoms with Gasteiger partial charge in [0.25, 0.3) is 0 Å². The first-order valence-corrected chi connectivity index (χ1v) is 14.8. The molecule has 3 nitrogen and oxygen atoms in total. The minimum absolute atomic E-state index is 0.694. The Labute approximate surface area is 256 Å². The monoisotopic (exact) mass is 561 g/mol.